The molecule has 0 saturated heterocycles. The molecule has 1 N–H and O–H groups in total. The Hall–Kier alpha value is -1.75. The average Bonchev–Trinajstić information content (AvgIpc) is 2.21. The van der Waals surface area contributed by atoms with Gasteiger partial charge in [-0.05, 0) is 24.1 Å². The van der Waals surface area contributed by atoms with Crippen molar-refractivity contribution in [1.82, 2.24) is 0 Å². The quantitative estimate of drug-likeness (QED) is 0.567. The lowest BCUT2D eigenvalue weighted by atomic mass is 10.1. The Morgan fingerprint density at radius 1 is 1.36 bits per heavy atom. The molecule has 1 rings (SSSR count). The predicted octanol–water partition coefficient (Wildman–Crippen LogP) is 2.74. The van der Waals surface area contributed by atoms with Gasteiger partial charge in [0.2, 0.25) is 0 Å². The van der Waals surface area contributed by atoms with E-state index in [2.05, 4.69) is 18.0 Å². The van der Waals surface area contributed by atoms with Gasteiger partial charge in [-0.25, -0.2) is 0 Å². The van der Waals surface area contributed by atoms with Crippen molar-refractivity contribution in [3.8, 4) is 6.07 Å². The van der Waals surface area contributed by atoms with E-state index >= 15 is 0 Å². The predicted molar refractivity (Wildman–Crippen MR) is 59.1 cm³/mol. The van der Waals surface area contributed by atoms with Crippen LogP contribution in [0.5, 0.6) is 0 Å². The highest BCUT2D eigenvalue weighted by Crippen LogP contribution is 2.09. The van der Waals surface area contributed by atoms with Gasteiger partial charge in [0.15, 0.2) is 0 Å². The molecule has 0 radical (unpaired) electrons. The highest BCUT2D eigenvalue weighted by Gasteiger charge is 1.92. The number of hydrogen-bond donors (Lipinski definition) is 1. The maximum atomic E-state index is 8.49. The van der Waals surface area contributed by atoms with E-state index in [1.165, 1.54) is 0 Å². The molecule has 1 aromatic rings. The van der Waals surface area contributed by atoms with Crippen LogP contribution in [0.1, 0.15) is 12.0 Å². The van der Waals surface area contributed by atoms with Gasteiger partial charge >= 0.3 is 0 Å². The summed E-state index contributed by atoms with van der Waals surface area (Å²) in [5, 5.41) is 11.7. The molecule has 0 bridgehead atoms. The first kappa shape index (κ1) is 10.3. The lowest BCUT2D eigenvalue weighted by molar-refractivity contribution is 1.07. The summed E-state index contributed by atoms with van der Waals surface area (Å²) in [4.78, 5) is 0. The van der Waals surface area contributed by atoms with Crippen LogP contribution in [0.2, 0.25) is 0 Å². The molecule has 72 valence electrons. The van der Waals surface area contributed by atoms with Crippen LogP contribution in [0.3, 0.4) is 0 Å². The molecular weight excluding hydrogens is 172 g/mol. The third-order valence-corrected chi connectivity index (χ3v) is 1.91. The normalized spacial score (nSPS) is 9.07. The summed E-state index contributed by atoms with van der Waals surface area (Å²) in [6.45, 7) is 4.56. The molecule has 14 heavy (non-hydrogen) atoms. The van der Waals surface area contributed by atoms with Crippen molar-refractivity contribution in [3.63, 3.8) is 0 Å². The van der Waals surface area contributed by atoms with Gasteiger partial charge < -0.3 is 5.32 Å². The zero-order valence-electron chi connectivity index (χ0n) is 8.16. The Morgan fingerprint density at radius 2 is 2.07 bits per heavy atom. The molecule has 0 aliphatic carbocycles. The minimum absolute atomic E-state index is 0.479. The van der Waals surface area contributed by atoms with E-state index in [0.29, 0.717) is 6.42 Å². The van der Waals surface area contributed by atoms with E-state index in [-0.39, 0.29) is 0 Å². The molecule has 0 aliphatic rings. The van der Waals surface area contributed by atoms with Crippen LogP contribution in [0.4, 0.5) is 5.69 Å². The van der Waals surface area contributed by atoms with Crippen molar-refractivity contribution in [2.75, 3.05) is 11.9 Å². The summed E-state index contributed by atoms with van der Waals surface area (Å²) in [6.07, 6.45) is 3.32. The SMILES string of the molecule is C=CCCNc1ccc(CC#N)cc1. The van der Waals surface area contributed by atoms with E-state index in [1.807, 2.05) is 30.3 Å². The monoisotopic (exact) mass is 186 g/mol. The zero-order valence-corrected chi connectivity index (χ0v) is 8.16. The average molecular weight is 186 g/mol. The Balaban J connectivity index is 2.47. The first-order chi connectivity index (χ1) is 6.86. The van der Waals surface area contributed by atoms with Gasteiger partial charge in [-0.1, -0.05) is 18.2 Å². The van der Waals surface area contributed by atoms with Crippen LogP contribution < -0.4 is 5.32 Å². The van der Waals surface area contributed by atoms with Crippen LogP contribution in [-0.4, -0.2) is 6.54 Å². The lowest BCUT2D eigenvalue weighted by Gasteiger charge is -2.04. The van der Waals surface area contributed by atoms with Crippen molar-refractivity contribution in [1.29, 1.82) is 5.26 Å². The number of rotatable bonds is 5. The minimum Gasteiger partial charge on any atom is -0.385 e. The molecule has 0 amide bonds. The summed E-state index contributed by atoms with van der Waals surface area (Å²) in [7, 11) is 0. The van der Waals surface area contributed by atoms with E-state index in [9.17, 15) is 0 Å². The van der Waals surface area contributed by atoms with Crippen LogP contribution in [-0.2, 0) is 6.42 Å². The fourth-order valence-corrected chi connectivity index (χ4v) is 1.15. The number of benzene rings is 1. The van der Waals surface area contributed by atoms with Gasteiger partial charge in [-0.15, -0.1) is 6.58 Å². The summed E-state index contributed by atoms with van der Waals surface area (Å²) < 4.78 is 0. The standard InChI is InChI=1S/C12H14N2/c1-2-3-10-14-12-6-4-11(5-7-12)8-9-13/h2,4-7,14H,1,3,8,10H2. The number of hydrogen-bond acceptors (Lipinski definition) is 2. The van der Waals surface area contributed by atoms with Crippen molar-refractivity contribution in [2.45, 2.75) is 12.8 Å². The van der Waals surface area contributed by atoms with E-state index in [1.54, 1.807) is 0 Å². The maximum absolute atomic E-state index is 8.49. The Kier molecular flexibility index (Phi) is 4.30. The Labute approximate surface area is 84.9 Å². The molecule has 0 heterocycles. The van der Waals surface area contributed by atoms with Gasteiger partial charge in [0.1, 0.15) is 0 Å². The molecule has 1 aromatic carbocycles. The number of nitriles is 1. The topological polar surface area (TPSA) is 35.8 Å². The van der Waals surface area contributed by atoms with Crippen molar-refractivity contribution in [3.05, 3.63) is 42.5 Å². The first-order valence-electron chi connectivity index (χ1n) is 4.67. The molecule has 0 saturated carbocycles. The van der Waals surface area contributed by atoms with Crippen molar-refractivity contribution in [2.24, 2.45) is 0 Å². The van der Waals surface area contributed by atoms with Gasteiger partial charge in [0.05, 0.1) is 12.5 Å². The number of nitrogens with zero attached hydrogens (tertiary/aromatic N) is 1. The first-order valence-corrected chi connectivity index (χ1v) is 4.67. The second-order valence-corrected chi connectivity index (χ2v) is 3.04. The zero-order chi connectivity index (χ0) is 10.2. The Bertz CT molecular complexity index is 319. The van der Waals surface area contributed by atoms with Crippen LogP contribution in [0.15, 0.2) is 36.9 Å². The fraction of sp³-hybridized carbons (Fsp3) is 0.250. The maximum Gasteiger partial charge on any atom is 0.0669 e. The third kappa shape index (κ3) is 3.32. The summed E-state index contributed by atoms with van der Waals surface area (Å²) >= 11 is 0. The molecule has 2 heteroatoms. The van der Waals surface area contributed by atoms with Crippen molar-refractivity contribution < 1.29 is 0 Å². The molecule has 0 unspecified atom stereocenters. The lowest BCUT2D eigenvalue weighted by Crippen LogP contribution is -1.99. The summed E-state index contributed by atoms with van der Waals surface area (Å²) in [5.74, 6) is 0. The van der Waals surface area contributed by atoms with Crippen LogP contribution >= 0.6 is 0 Å². The Morgan fingerprint density at radius 3 is 2.64 bits per heavy atom. The molecule has 0 fully saturated rings. The molecule has 0 aliphatic heterocycles. The molecule has 0 spiro atoms. The highest BCUT2D eigenvalue weighted by atomic mass is 14.9. The second-order valence-electron chi connectivity index (χ2n) is 3.04. The van der Waals surface area contributed by atoms with Gasteiger partial charge in [0, 0.05) is 12.2 Å². The van der Waals surface area contributed by atoms with Crippen molar-refractivity contribution >= 4 is 5.69 Å². The minimum atomic E-state index is 0.479. The van der Waals surface area contributed by atoms with Gasteiger partial charge in [0.25, 0.3) is 0 Å². The molecular formula is C12H14N2. The molecule has 2 nitrogen and oxygen atoms in total. The summed E-state index contributed by atoms with van der Waals surface area (Å²) in [5.41, 5.74) is 2.15. The number of anilines is 1. The largest absolute Gasteiger partial charge is 0.385 e. The van der Waals surface area contributed by atoms with Gasteiger partial charge in [-0.3, -0.25) is 0 Å². The highest BCUT2D eigenvalue weighted by molar-refractivity contribution is 5.44. The molecule has 0 aromatic heterocycles. The fourth-order valence-electron chi connectivity index (χ4n) is 1.15. The van der Waals surface area contributed by atoms with Crippen LogP contribution in [0.25, 0.3) is 0 Å². The van der Waals surface area contributed by atoms with E-state index in [0.717, 1.165) is 24.2 Å². The second kappa shape index (κ2) is 5.82. The van der Waals surface area contributed by atoms with Gasteiger partial charge in [-0.2, -0.15) is 5.26 Å². The molecule has 0 atom stereocenters. The van der Waals surface area contributed by atoms with E-state index in [4.69, 9.17) is 5.26 Å². The smallest absolute Gasteiger partial charge is 0.0669 e. The third-order valence-electron chi connectivity index (χ3n) is 1.91. The van der Waals surface area contributed by atoms with Crippen LogP contribution in [0, 0.1) is 11.3 Å². The van der Waals surface area contributed by atoms with E-state index < -0.39 is 0 Å². The number of nitrogens with one attached hydrogen (secondary N) is 1. The summed E-state index contributed by atoms with van der Waals surface area (Å²) in [6, 6.07) is 10.1.